The van der Waals surface area contributed by atoms with Crippen molar-refractivity contribution in [2.24, 2.45) is 0 Å². The fourth-order valence-electron chi connectivity index (χ4n) is 4.07. The lowest BCUT2D eigenvalue weighted by Gasteiger charge is -2.13. The van der Waals surface area contributed by atoms with Crippen molar-refractivity contribution in [1.82, 2.24) is 15.5 Å². The molecule has 0 unspecified atom stereocenters. The van der Waals surface area contributed by atoms with Gasteiger partial charge in [-0.3, -0.25) is 9.59 Å². The molecule has 1 aromatic carbocycles. The number of aromatic nitrogens is 2. The van der Waals surface area contributed by atoms with Gasteiger partial charge in [-0.15, -0.1) is 10.2 Å². The number of hydrogen-bond donors (Lipinski definition) is 1. The summed E-state index contributed by atoms with van der Waals surface area (Å²) in [5, 5.41) is 11.1. The first-order valence-electron chi connectivity index (χ1n) is 10.2. The zero-order valence-electron chi connectivity index (χ0n) is 17.0. The third kappa shape index (κ3) is 3.65. The van der Waals surface area contributed by atoms with Gasteiger partial charge in [-0.05, 0) is 36.2 Å². The van der Waals surface area contributed by atoms with Gasteiger partial charge in [-0.1, -0.05) is 0 Å². The number of rotatable bonds is 5. The number of fused-ring (bicyclic) bond motifs is 2. The number of amides is 1. The summed E-state index contributed by atoms with van der Waals surface area (Å²) < 4.78 is 16.5. The summed E-state index contributed by atoms with van der Waals surface area (Å²) in [5.74, 6) is 1.53. The molecule has 1 atom stereocenters. The normalized spacial score (nSPS) is 16.9. The number of carbonyl (C=O) groups is 2. The minimum atomic E-state index is -0.311. The highest BCUT2D eigenvalue weighted by atomic mass is 16.5. The van der Waals surface area contributed by atoms with Gasteiger partial charge in [-0.2, -0.15) is 0 Å². The Labute approximate surface area is 178 Å². The van der Waals surface area contributed by atoms with E-state index in [0.29, 0.717) is 48.6 Å². The van der Waals surface area contributed by atoms with Gasteiger partial charge >= 0.3 is 0 Å². The molecule has 2 aromatic heterocycles. The van der Waals surface area contributed by atoms with Crippen molar-refractivity contribution in [3.63, 3.8) is 0 Å². The first kappa shape index (κ1) is 19.3. The van der Waals surface area contributed by atoms with Crippen LogP contribution >= 0.6 is 0 Å². The Morgan fingerprint density at radius 2 is 2.13 bits per heavy atom. The summed E-state index contributed by atoms with van der Waals surface area (Å²) in [6.07, 6.45) is 3.77. The Hall–Kier alpha value is -3.68. The van der Waals surface area contributed by atoms with Crippen LogP contribution < -0.4 is 14.8 Å². The van der Waals surface area contributed by atoms with Crippen molar-refractivity contribution in [3.8, 4) is 22.9 Å². The standard InChI is InChI=1S/C23H21N3O5/c1-29-21-8-6-17(25-26-21)13-5-7-19-14(9-13)10-15(31-19)11-24-23(28)16-12-30-20-4-2-3-18(27)22(16)20/h5-9,12,15H,2-4,10-11H2,1H3,(H,24,28)/t15-/m0/s1. The molecule has 0 saturated heterocycles. The van der Waals surface area contributed by atoms with Crippen LogP contribution in [-0.2, 0) is 12.8 Å². The molecule has 1 aliphatic heterocycles. The van der Waals surface area contributed by atoms with E-state index in [2.05, 4.69) is 15.5 Å². The molecule has 0 radical (unpaired) electrons. The van der Waals surface area contributed by atoms with Gasteiger partial charge in [0.25, 0.3) is 5.91 Å². The predicted molar refractivity (Wildman–Crippen MR) is 110 cm³/mol. The van der Waals surface area contributed by atoms with E-state index in [1.807, 2.05) is 24.3 Å². The maximum atomic E-state index is 12.6. The topological polar surface area (TPSA) is 104 Å². The first-order valence-corrected chi connectivity index (χ1v) is 10.2. The first-order chi connectivity index (χ1) is 15.1. The lowest BCUT2D eigenvalue weighted by Crippen LogP contribution is -2.35. The van der Waals surface area contributed by atoms with Crippen molar-refractivity contribution < 1.29 is 23.5 Å². The van der Waals surface area contributed by atoms with Gasteiger partial charge in [-0.25, -0.2) is 0 Å². The monoisotopic (exact) mass is 419 g/mol. The van der Waals surface area contributed by atoms with Crippen LogP contribution in [0.25, 0.3) is 11.3 Å². The van der Waals surface area contributed by atoms with E-state index < -0.39 is 0 Å². The summed E-state index contributed by atoms with van der Waals surface area (Å²) in [6.45, 7) is 0.333. The average molecular weight is 419 g/mol. The van der Waals surface area contributed by atoms with E-state index in [9.17, 15) is 9.59 Å². The number of furan rings is 1. The van der Waals surface area contributed by atoms with E-state index in [4.69, 9.17) is 13.9 Å². The molecule has 5 rings (SSSR count). The van der Waals surface area contributed by atoms with Crippen LogP contribution in [0.15, 0.2) is 41.0 Å². The molecule has 8 heteroatoms. The average Bonchev–Trinajstić information content (AvgIpc) is 3.42. The molecular formula is C23H21N3O5. The summed E-state index contributed by atoms with van der Waals surface area (Å²) in [6, 6.07) is 9.49. The third-order valence-electron chi connectivity index (χ3n) is 5.64. The Bertz CT molecular complexity index is 1150. The molecule has 1 aliphatic carbocycles. The number of aryl methyl sites for hydroxylation is 1. The number of ketones is 1. The van der Waals surface area contributed by atoms with Crippen LogP contribution in [0.4, 0.5) is 0 Å². The van der Waals surface area contributed by atoms with Crippen LogP contribution in [0.2, 0.25) is 0 Å². The number of methoxy groups -OCH3 is 1. The van der Waals surface area contributed by atoms with Crippen molar-refractivity contribution in [2.75, 3.05) is 13.7 Å². The third-order valence-corrected chi connectivity index (χ3v) is 5.64. The van der Waals surface area contributed by atoms with Gasteiger partial charge in [0, 0.05) is 30.9 Å². The van der Waals surface area contributed by atoms with E-state index in [-0.39, 0.29) is 17.8 Å². The molecule has 3 aromatic rings. The van der Waals surface area contributed by atoms with Gasteiger partial charge in [0.2, 0.25) is 5.88 Å². The maximum Gasteiger partial charge on any atom is 0.255 e. The van der Waals surface area contributed by atoms with E-state index in [0.717, 1.165) is 29.0 Å². The van der Waals surface area contributed by atoms with Gasteiger partial charge in [0.05, 0.1) is 30.5 Å². The Morgan fingerprint density at radius 3 is 2.94 bits per heavy atom. The second-order valence-electron chi connectivity index (χ2n) is 7.66. The quantitative estimate of drug-likeness (QED) is 0.678. The number of hydrogen-bond acceptors (Lipinski definition) is 7. The van der Waals surface area contributed by atoms with Crippen molar-refractivity contribution in [1.29, 1.82) is 0 Å². The van der Waals surface area contributed by atoms with E-state index >= 15 is 0 Å². The number of nitrogens with zero attached hydrogens (tertiary/aromatic N) is 2. The highest BCUT2D eigenvalue weighted by molar-refractivity contribution is 6.09. The molecule has 2 aliphatic rings. The molecule has 1 amide bonds. The number of nitrogens with one attached hydrogen (secondary N) is 1. The molecule has 31 heavy (non-hydrogen) atoms. The number of Topliss-reactive ketones (excluding diaryl/α,β-unsaturated/α-hetero) is 1. The zero-order valence-corrected chi connectivity index (χ0v) is 17.0. The minimum Gasteiger partial charge on any atom is -0.488 e. The van der Waals surface area contributed by atoms with Gasteiger partial charge < -0.3 is 19.2 Å². The van der Waals surface area contributed by atoms with E-state index in [1.54, 1.807) is 13.2 Å². The molecule has 3 heterocycles. The summed E-state index contributed by atoms with van der Waals surface area (Å²) >= 11 is 0. The maximum absolute atomic E-state index is 12.6. The molecule has 0 fully saturated rings. The van der Waals surface area contributed by atoms with Gasteiger partial charge in [0.1, 0.15) is 23.9 Å². The molecular weight excluding hydrogens is 398 g/mol. The molecule has 8 nitrogen and oxygen atoms in total. The van der Waals surface area contributed by atoms with Crippen LogP contribution in [0.1, 0.15) is 44.9 Å². The number of carbonyl (C=O) groups excluding carboxylic acids is 2. The van der Waals surface area contributed by atoms with Crippen molar-refractivity contribution >= 4 is 11.7 Å². The van der Waals surface area contributed by atoms with Crippen LogP contribution in [0.3, 0.4) is 0 Å². The lowest BCUT2D eigenvalue weighted by molar-refractivity contribution is 0.0914. The minimum absolute atomic E-state index is 0.0289. The smallest absolute Gasteiger partial charge is 0.255 e. The molecule has 158 valence electrons. The zero-order chi connectivity index (χ0) is 21.4. The fourth-order valence-corrected chi connectivity index (χ4v) is 4.07. The number of ether oxygens (including phenoxy) is 2. The number of benzene rings is 1. The SMILES string of the molecule is COc1ccc(-c2ccc3c(c2)C[C@@H](CNC(=O)c2coc4c2C(=O)CCC4)O3)nn1. The van der Waals surface area contributed by atoms with Crippen LogP contribution in [0.5, 0.6) is 11.6 Å². The molecule has 0 bridgehead atoms. The summed E-state index contributed by atoms with van der Waals surface area (Å²) in [7, 11) is 1.55. The highest BCUT2D eigenvalue weighted by Gasteiger charge is 2.29. The lowest BCUT2D eigenvalue weighted by atomic mass is 9.94. The Kier molecular flexibility index (Phi) is 4.89. The highest BCUT2D eigenvalue weighted by Crippen LogP contribution is 2.32. The van der Waals surface area contributed by atoms with Gasteiger partial charge in [0.15, 0.2) is 5.78 Å². The fraction of sp³-hybridized carbons (Fsp3) is 0.304. The second kappa shape index (κ2) is 7.86. The largest absolute Gasteiger partial charge is 0.488 e. The molecule has 0 saturated carbocycles. The summed E-state index contributed by atoms with van der Waals surface area (Å²) in [4.78, 5) is 24.8. The van der Waals surface area contributed by atoms with Crippen LogP contribution in [-0.4, -0.2) is 41.6 Å². The van der Waals surface area contributed by atoms with Crippen LogP contribution in [0, 0.1) is 0 Å². The molecule has 1 N–H and O–H groups in total. The van der Waals surface area contributed by atoms with E-state index in [1.165, 1.54) is 6.26 Å². The van der Waals surface area contributed by atoms with Crippen molar-refractivity contribution in [2.45, 2.75) is 31.8 Å². The Balaban J connectivity index is 1.24. The Morgan fingerprint density at radius 1 is 1.23 bits per heavy atom. The second-order valence-corrected chi connectivity index (χ2v) is 7.66. The van der Waals surface area contributed by atoms with Crippen molar-refractivity contribution in [3.05, 3.63) is 59.0 Å². The summed E-state index contributed by atoms with van der Waals surface area (Å²) in [5.41, 5.74) is 3.48. The molecule has 0 spiro atoms. The predicted octanol–water partition coefficient (Wildman–Crippen LogP) is 3.00.